The lowest BCUT2D eigenvalue weighted by Crippen LogP contribution is -2.40. The number of alkyl halides is 3. The smallest absolute Gasteiger partial charge is 0.378 e. The topological polar surface area (TPSA) is 49.9 Å². The molecule has 174 valence electrons. The molecule has 0 unspecified atom stereocenters. The zero-order chi connectivity index (χ0) is 22.5. The molecule has 1 aromatic rings. The summed E-state index contributed by atoms with van der Waals surface area (Å²) in [6.07, 6.45) is 5.06. The van der Waals surface area contributed by atoms with Gasteiger partial charge in [-0.1, -0.05) is 12.2 Å². The Balaban J connectivity index is 1.44. The van der Waals surface area contributed by atoms with Crippen molar-refractivity contribution in [1.82, 2.24) is 9.21 Å². The molecular formula is C22H31F3N2O3S. The molecule has 0 radical (unpaired) electrons. The summed E-state index contributed by atoms with van der Waals surface area (Å²) in [5, 5.41) is 0. The first-order valence-corrected chi connectivity index (χ1v) is 12.3. The quantitative estimate of drug-likeness (QED) is 0.429. The SMILES string of the molecule is CN(C1CCC(OCCCN2CC=CCC2)CC1)S(=O)(=O)c1ccc(C(F)(F)F)cc1. The van der Waals surface area contributed by atoms with Crippen molar-refractivity contribution >= 4 is 10.0 Å². The molecule has 1 aromatic carbocycles. The number of ether oxygens (including phenoxy) is 1. The normalized spacial score (nSPS) is 23.4. The van der Waals surface area contributed by atoms with Crippen molar-refractivity contribution in [3.63, 3.8) is 0 Å². The van der Waals surface area contributed by atoms with Crippen molar-refractivity contribution in [2.24, 2.45) is 0 Å². The number of halogens is 3. The minimum Gasteiger partial charge on any atom is -0.378 e. The maximum atomic E-state index is 12.8. The van der Waals surface area contributed by atoms with E-state index >= 15 is 0 Å². The predicted octanol–water partition coefficient (Wildman–Crippen LogP) is 4.31. The second-order valence-electron chi connectivity index (χ2n) is 8.26. The summed E-state index contributed by atoms with van der Waals surface area (Å²) in [5.41, 5.74) is -0.858. The third kappa shape index (κ3) is 6.54. The van der Waals surface area contributed by atoms with Gasteiger partial charge < -0.3 is 4.74 Å². The van der Waals surface area contributed by atoms with Gasteiger partial charge in [0.05, 0.1) is 16.6 Å². The van der Waals surface area contributed by atoms with E-state index in [0.717, 1.165) is 69.6 Å². The van der Waals surface area contributed by atoms with Crippen molar-refractivity contribution in [2.75, 3.05) is 33.3 Å². The van der Waals surface area contributed by atoms with Crippen LogP contribution in [0.15, 0.2) is 41.3 Å². The molecule has 9 heteroatoms. The number of hydrogen-bond donors (Lipinski definition) is 0. The van der Waals surface area contributed by atoms with Gasteiger partial charge in [0.2, 0.25) is 10.0 Å². The Hall–Kier alpha value is -1.42. The molecule has 0 saturated heterocycles. The maximum absolute atomic E-state index is 12.8. The zero-order valence-corrected chi connectivity index (χ0v) is 18.7. The highest BCUT2D eigenvalue weighted by atomic mass is 32.2. The van der Waals surface area contributed by atoms with Gasteiger partial charge >= 0.3 is 6.18 Å². The van der Waals surface area contributed by atoms with Crippen LogP contribution in [0, 0.1) is 0 Å². The summed E-state index contributed by atoms with van der Waals surface area (Å²) < 4.78 is 71.2. The second kappa shape index (κ2) is 10.5. The van der Waals surface area contributed by atoms with Crippen molar-refractivity contribution in [2.45, 2.75) is 61.7 Å². The number of benzene rings is 1. The van der Waals surface area contributed by atoms with Crippen LogP contribution < -0.4 is 0 Å². The van der Waals surface area contributed by atoms with Crippen molar-refractivity contribution < 1.29 is 26.3 Å². The van der Waals surface area contributed by atoms with Crippen LogP contribution in [0.5, 0.6) is 0 Å². The Morgan fingerprint density at radius 1 is 1.10 bits per heavy atom. The molecule has 1 aliphatic carbocycles. The molecule has 3 rings (SSSR count). The van der Waals surface area contributed by atoms with Crippen molar-refractivity contribution in [1.29, 1.82) is 0 Å². The van der Waals surface area contributed by atoms with Crippen LogP contribution in [0.1, 0.15) is 44.1 Å². The van der Waals surface area contributed by atoms with Gasteiger partial charge in [0.25, 0.3) is 0 Å². The molecule has 0 spiro atoms. The van der Waals surface area contributed by atoms with Gasteiger partial charge in [-0.25, -0.2) is 8.42 Å². The second-order valence-corrected chi connectivity index (χ2v) is 10.3. The van der Waals surface area contributed by atoms with Gasteiger partial charge in [0.15, 0.2) is 0 Å². The predicted molar refractivity (Wildman–Crippen MR) is 113 cm³/mol. The summed E-state index contributed by atoms with van der Waals surface area (Å²) in [4.78, 5) is 2.29. The third-order valence-electron chi connectivity index (χ3n) is 6.13. The van der Waals surface area contributed by atoms with Crippen LogP contribution in [-0.4, -0.2) is 63.1 Å². The lowest BCUT2D eigenvalue weighted by Gasteiger charge is -2.34. The fourth-order valence-electron chi connectivity index (χ4n) is 4.19. The highest BCUT2D eigenvalue weighted by Gasteiger charge is 2.34. The first-order chi connectivity index (χ1) is 14.7. The van der Waals surface area contributed by atoms with E-state index in [4.69, 9.17) is 4.74 Å². The fraction of sp³-hybridized carbons (Fsp3) is 0.636. The largest absolute Gasteiger partial charge is 0.416 e. The Bertz CT molecular complexity index is 833. The molecule has 5 nitrogen and oxygen atoms in total. The maximum Gasteiger partial charge on any atom is 0.416 e. The van der Waals surface area contributed by atoms with Crippen molar-refractivity contribution in [3.05, 3.63) is 42.0 Å². The Labute approximate surface area is 182 Å². The summed E-state index contributed by atoms with van der Waals surface area (Å²) in [7, 11) is -2.33. The van der Waals surface area contributed by atoms with Crippen LogP contribution >= 0.6 is 0 Å². The highest BCUT2D eigenvalue weighted by molar-refractivity contribution is 7.89. The van der Waals surface area contributed by atoms with Crippen LogP contribution in [0.3, 0.4) is 0 Å². The van der Waals surface area contributed by atoms with E-state index in [-0.39, 0.29) is 17.0 Å². The molecule has 1 heterocycles. The standard InChI is InChI=1S/C22H31F3N2O3S/c1-26(31(28,29)21-12-6-18(7-13-21)22(23,24)25)19-8-10-20(11-9-19)30-17-5-16-27-14-3-2-4-15-27/h2-3,6-7,12-13,19-20H,4-5,8-11,14-17H2,1H3. The summed E-state index contributed by atoms with van der Waals surface area (Å²) in [6, 6.07) is 3.51. The van der Waals surface area contributed by atoms with Crippen LogP contribution in [0.25, 0.3) is 0 Å². The molecule has 1 aliphatic heterocycles. The molecule has 0 atom stereocenters. The summed E-state index contributed by atoms with van der Waals surface area (Å²) in [5.74, 6) is 0. The van der Waals surface area contributed by atoms with E-state index in [2.05, 4.69) is 17.1 Å². The van der Waals surface area contributed by atoms with Gasteiger partial charge in [-0.05, 0) is 62.8 Å². The number of rotatable bonds is 8. The average Bonchev–Trinajstić information content (AvgIpc) is 2.77. The molecule has 2 aliphatic rings. The van der Waals surface area contributed by atoms with Crippen LogP contribution in [0.4, 0.5) is 13.2 Å². The Morgan fingerprint density at radius 3 is 2.35 bits per heavy atom. The highest BCUT2D eigenvalue weighted by Crippen LogP contribution is 2.32. The fourth-order valence-corrected chi connectivity index (χ4v) is 5.60. The molecule has 0 N–H and O–H groups in total. The van der Waals surface area contributed by atoms with Crippen LogP contribution in [0.2, 0.25) is 0 Å². The average molecular weight is 461 g/mol. The third-order valence-corrected chi connectivity index (χ3v) is 8.06. The molecule has 1 fully saturated rings. The van der Waals surface area contributed by atoms with E-state index in [1.807, 2.05) is 0 Å². The Kier molecular flexibility index (Phi) is 8.18. The lowest BCUT2D eigenvalue weighted by molar-refractivity contribution is -0.137. The first-order valence-electron chi connectivity index (χ1n) is 10.8. The van der Waals surface area contributed by atoms with E-state index in [1.54, 1.807) is 0 Å². The van der Waals surface area contributed by atoms with Crippen LogP contribution in [-0.2, 0) is 20.9 Å². The zero-order valence-electron chi connectivity index (χ0n) is 17.9. The minimum atomic E-state index is -4.49. The molecular weight excluding hydrogens is 429 g/mol. The summed E-state index contributed by atoms with van der Waals surface area (Å²) >= 11 is 0. The van der Waals surface area contributed by atoms with Gasteiger partial charge in [0.1, 0.15) is 0 Å². The first kappa shape index (κ1) is 24.2. The molecule has 1 saturated carbocycles. The molecule has 0 bridgehead atoms. The van der Waals surface area contributed by atoms with Gasteiger partial charge in [0, 0.05) is 39.3 Å². The van der Waals surface area contributed by atoms with Gasteiger partial charge in [-0.2, -0.15) is 17.5 Å². The summed E-state index contributed by atoms with van der Waals surface area (Å²) in [6.45, 7) is 3.83. The Morgan fingerprint density at radius 2 is 1.77 bits per heavy atom. The number of sulfonamides is 1. The molecule has 0 aromatic heterocycles. The van der Waals surface area contributed by atoms with Crippen molar-refractivity contribution in [3.8, 4) is 0 Å². The molecule has 31 heavy (non-hydrogen) atoms. The van der Waals surface area contributed by atoms with E-state index in [1.165, 1.54) is 11.4 Å². The lowest BCUT2D eigenvalue weighted by atomic mass is 9.93. The van der Waals surface area contributed by atoms with E-state index in [0.29, 0.717) is 19.4 Å². The van der Waals surface area contributed by atoms with Gasteiger partial charge in [-0.3, -0.25) is 4.90 Å². The molecule has 0 amide bonds. The van der Waals surface area contributed by atoms with E-state index < -0.39 is 21.8 Å². The van der Waals surface area contributed by atoms with Gasteiger partial charge in [-0.15, -0.1) is 0 Å². The minimum absolute atomic E-state index is 0.117. The monoisotopic (exact) mass is 460 g/mol. The van der Waals surface area contributed by atoms with E-state index in [9.17, 15) is 21.6 Å². The number of hydrogen-bond acceptors (Lipinski definition) is 4. The number of nitrogens with zero attached hydrogens (tertiary/aromatic N) is 2.